The molecule has 2 aromatic carbocycles. The number of nitriles is 1. The zero-order valence-electron chi connectivity index (χ0n) is 10.7. The van der Waals surface area contributed by atoms with Crippen LogP contribution in [0.25, 0.3) is 0 Å². The van der Waals surface area contributed by atoms with Gasteiger partial charge in [-0.2, -0.15) is 5.26 Å². The first-order chi connectivity index (χ1) is 9.52. The van der Waals surface area contributed by atoms with Crippen LogP contribution in [0.3, 0.4) is 0 Å². The minimum absolute atomic E-state index is 0.112. The smallest absolute Gasteiger partial charge is 0.184 e. The lowest BCUT2D eigenvalue weighted by atomic mass is 9.91. The Morgan fingerprint density at radius 3 is 2.35 bits per heavy atom. The van der Waals surface area contributed by atoms with Crippen molar-refractivity contribution in [3.63, 3.8) is 0 Å². The predicted octanol–water partition coefficient (Wildman–Crippen LogP) is 3.76. The summed E-state index contributed by atoms with van der Waals surface area (Å²) in [5, 5.41) is 9.13. The van der Waals surface area contributed by atoms with Crippen LogP contribution in [0.4, 0.5) is 8.78 Å². The van der Waals surface area contributed by atoms with Gasteiger partial charge in [0.05, 0.1) is 6.07 Å². The molecular weight excluding hydrogens is 260 g/mol. The molecule has 4 heteroatoms. The van der Waals surface area contributed by atoms with E-state index >= 15 is 0 Å². The summed E-state index contributed by atoms with van der Waals surface area (Å²) in [4.78, 5) is 12.2. The zero-order valence-corrected chi connectivity index (χ0v) is 10.7. The standard InChI is InChI=1S/C16H11F2NO/c1-10-2-4-11(5-3-10)16(20)14(9-19)13-7-6-12(17)8-15(13)18/h2-8,14H,1H3. The lowest BCUT2D eigenvalue weighted by molar-refractivity contribution is 0.0977. The Morgan fingerprint density at radius 2 is 1.80 bits per heavy atom. The third kappa shape index (κ3) is 2.72. The van der Waals surface area contributed by atoms with Crippen LogP contribution in [0.15, 0.2) is 42.5 Å². The average molecular weight is 271 g/mol. The molecule has 100 valence electrons. The SMILES string of the molecule is Cc1ccc(C(=O)C(C#N)c2ccc(F)cc2F)cc1. The van der Waals surface area contributed by atoms with E-state index in [1.165, 1.54) is 0 Å². The Morgan fingerprint density at radius 1 is 1.15 bits per heavy atom. The number of carbonyl (C=O) groups excluding carboxylic acids is 1. The number of rotatable bonds is 3. The molecule has 0 spiro atoms. The summed E-state index contributed by atoms with van der Waals surface area (Å²) in [5.41, 5.74) is 1.19. The van der Waals surface area contributed by atoms with Crippen molar-refractivity contribution < 1.29 is 13.6 Å². The Hall–Kier alpha value is -2.54. The van der Waals surface area contributed by atoms with E-state index in [1.54, 1.807) is 30.3 Å². The van der Waals surface area contributed by atoms with Gasteiger partial charge in [0.2, 0.25) is 0 Å². The summed E-state index contributed by atoms with van der Waals surface area (Å²) in [6.07, 6.45) is 0. The fourth-order valence-corrected chi connectivity index (χ4v) is 1.89. The van der Waals surface area contributed by atoms with Crippen LogP contribution in [0.5, 0.6) is 0 Å². The van der Waals surface area contributed by atoms with E-state index in [4.69, 9.17) is 5.26 Å². The van der Waals surface area contributed by atoms with Crippen LogP contribution in [0.1, 0.15) is 27.4 Å². The van der Waals surface area contributed by atoms with Crippen LogP contribution in [-0.4, -0.2) is 5.78 Å². The van der Waals surface area contributed by atoms with E-state index in [2.05, 4.69) is 0 Å². The molecule has 0 saturated heterocycles. The van der Waals surface area contributed by atoms with Gasteiger partial charge in [-0.05, 0) is 13.0 Å². The second-order valence-electron chi connectivity index (χ2n) is 4.46. The second kappa shape index (κ2) is 5.62. The molecular formula is C16H11F2NO. The van der Waals surface area contributed by atoms with Gasteiger partial charge >= 0.3 is 0 Å². The highest BCUT2D eigenvalue weighted by Crippen LogP contribution is 2.24. The molecule has 0 amide bonds. The summed E-state index contributed by atoms with van der Waals surface area (Å²) in [6, 6.07) is 11.3. The topological polar surface area (TPSA) is 40.9 Å². The molecule has 1 atom stereocenters. The van der Waals surface area contributed by atoms with Crippen molar-refractivity contribution in [2.45, 2.75) is 12.8 Å². The Balaban J connectivity index is 2.40. The Labute approximate surface area is 115 Å². The minimum atomic E-state index is -1.28. The van der Waals surface area contributed by atoms with Gasteiger partial charge in [0.25, 0.3) is 0 Å². The highest BCUT2D eigenvalue weighted by molar-refractivity contribution is 6.02. The largest absolute Gasteiger partial charge is 0.292 e. The first-order valence-electron chi connectivity index (χ1n) is 5.98. The fourth-order valence-electron chi connectivity index (χ4n) is 1.89. The monoisotopic (exact) mass is 271 g/mol. The second-order valence-corrected chi connectivity index (χ2v) is 4.46. The highest BCUT2D eigenvalue weighted by Gasteiger charge is 2.24. The maximum Gasteiger partial charge on any atom is 0.184 e. The number of benzene rings is 2. The molecule has 0 heterocycles. The maximum absolute atomic E-state index is 13.7. The molecule has 0 bridgehead atoms. The van der Waals surface area contributed by atoms with Crippen LogP contribution >= 0.6 is 0 Å². The molecule has 0 aliphatic rings. The molecule has 0 aliphatic heterocycles. The number of hydrogen-bond acceptors (Lipinski definition) is 2. The molecule has 20 heavy (non-hydrogen) atoms. The maximum atomic E-state index is 13.7. The molecule has 1 unspecified atom stereocenters. The van der Waals surface area contributed by atoms with Crippen molar-refractivity contribution in [3.05, 3.63) is 70.8 Å². The highest BCUT2D eigenvalue weighted by atomic mass is 19.1. The quantitative estimate of drug-likeness (QED) is 0.797. The Kier molecular flexibility index (Phi) is 3.90. The van der Waals surface area contributed by atoms with Crippen LogP contribution in [0.2, 0.25) is 0 Å². The average Bonchev–Trinajstić information content (AvgIpc) is 2.42. The first kappa shape index (κ1) is 13.9. The normalized spacial score (nSPS) is 11.7. The van der Waals surface area contributed by atoms with Crippen molar-refractivity contribution in [1.29, 1.82) is 5.26 Å². The van der Waals surface area contributed by atoms with Gasteiger partial charge in [0.15, 0.2) is 5.78 Å². The van der Waals surface area contributed by atoms with Crippen LogP contribution in [0, 0.1) is 29.9 Å². The lowest BCUT2D eigenvalue weighted by Crippen LogP contribution is -2.13. The number of nitrogens with zero attached hydrogens (tertiary/aromatic N) is 1. The van der Waals surface area contributed by atoms with Gasteiger partial charge in [-0.25, -0.2) is 8.78 Å². The van der Waals surface area contributed by atoms with Gasteiger partial charge in [-0.1, -0.05) is 35.9 Å². The number of aryl methyl sites for hydroxylation is 1. The van der Waals surface area contributed by atoms with E-state index < -0.39 is 23.3 Å². The summed E-state index contributed by atoms with van der Waals surface area (Å²) in [7, 11) is 0. The molecule has 2 rings (SSSR count). The molecule has 0 fully saturated rings. The first-order valence-corrected chi connectivity index (χ1v) is 5.98. The molecule has 0 radical (unpaired) electrons. The summed E-state index contributed by atoms with van der Waals surface area (Å²) >= 11 is 0. The van der Waals surface area contributed by atoms with E-state index in [0.717, 1.165) is 17.7 Å². The minimum Gasteiger partial charge on any atom is -0.292 e. The molecule has 0 N–H and O–H groups in total. The van der Waals surface area contributed by atoms with Crippen LogP contribution in [-0.2, 0) is 0 Å². The van der Waals surface area contributed by atoms with Crippen LogP contribution < -0.4 is 0 Å². The van der Waals surface area contributed by atoms with Crippen molar-refractivity contribution in [2.24, 2.45) is 0 Å². The number of carbonyl (C=O) groups is 1. The Bertz CT molecular complexity index is 687. The molecule has 0 aliphatic carbocycles. The fraction of sp³-hybridized carbons (Fsp3) is 0.125. The van der Waals surface area contributed by atoms with E-state index in [9.17, 15) is 13.6 Å². The third-order valence-corrected chi connectivity index (χ3v) is 3.00. The van der Waals surface area contributed by atoms with E-state index in [-0.39, 0.29) is 5.56 Å². The summed E-state index contributed by atoms with van der Waals surface area (Å²) < 4.78 is 26.6. The van der Waals surface area contributed by atoms with Gasteiger partial charge in [0, 0.05) is 17.2 Å². The number of Topliss-reactive ketones (excluding diaryl/α,β-unsaturated/α-hetero) is 1. The van der Waals surface area contributed by atoms with Crippen molar-refractivity contribution in [2.75, 3.05) is 0 Å². The third-order valence-electron chi connectivity index (χ3n) is 3.00. The van der Waals surface area contributed by atoms with E-state index in [0.29, 0.717) is 11.6 Å². The number of ketones is 1. The molecule has 0 aromatic heterocycles. The molecule has 2 aromatic rings. The van der Waals surface area contributed by atoms with Crippen molar-refractivity contribution >= 4 is 5.78 Å². The van der Waals surface area contributed by atoms with Gasteiger partial charge in [-0.15, -0.1) is 0 Å². The summed E-state index contributed by atoms with van der Waals surface area (Å²) in [5.74, 6) is -3.42. The summed E-state index contributed by atoms with van der Waals surface area (Å²) in [6.45, 7) is 1.87. The van der Waals surface area contributed by atoms with Gasteiger partial charge in [0.1, 0.15) is 17.6 Å². The van der Waals surface area contributed by atoms with Crippen molar-refractivity contribution in [3.8, 4) is 6.07 Å². The number of halogens is 2. The molecule has 0 saturated carbocycles. The van der Waals surface area contributed by atoms with Gasteiger partial charge < -0.3 is 0 Å². The zero-order chi connectivity index (χ0) is 14.7. The lowest BCUT2D eigenvalue weighted by Gasteiger charge is -2.10. The van der Waals surface area contributed by atoms with Crippen molar-refractivity contribution in [1.82, 2.24) is 0 Å². The van der Waals surface area contributed by atoms with E-state index in [1.807, 2.05) is 6.92 Å². The molecule has 2 nitrogen and oxygen atoms in total. The van der Waals surface area contributed by atoms with Gasteiger partial charge in [-0.3, -0.25) is 4.79 Å². The predicted molar refractivity (Wildman–Crippen MR) is 70.2 cm³/mol. The number of hydrogen-bond donors (Lipinski definition) is 0.